The van der Waals surface area contributed by atoms with Gasteiger partial charge in [0.15, 0.2) is 13.2 Å². The smallest absolute Gasteiger partial charge is 0.257 e. The minimum Gasteiger partial charge on any atom is -0.484 e. The highest BCUT2D eigenvalue weighted by Crippen LogP contribution is 2.68. The maximum atomic E-state index is 12.5. The molecular weight excluding hydrogens is 628 g/mol. The summed E-state index contributed by atoms with van der Waals surface area (Å²) in [5, 5.41) is 17.9. The highest BCUT2D eigenvalue weighted by molar-refractivity contribution is 5.79. The summed E-state index contributed by atoms with van der Waals surface area (Å²) in [5.41, 5.74) is 1.14. The Labute approximate surface area is 301 Å². The number of fused-ring (bicyclic) bond motifs is 5. The van der Waals surface area contributed by atoms with Gasteiger partial charge in [0.05, 0.1) is 6.10 Å². The van der Waals surface area contributed by atoms with Gasteiger partial charge >= 0.3 is 0 Å². The van der Waals surface area contributed by atoms with Crippen molar-refractivity contribution in [3.63, 3.8) is 0 Å². The van der Waals surface area contributed by atoms with Gasteiger partial charge in [-0.05, 0) is 122 Å². The van der Waals surface area contributed by atoms with Gasteiger partial charge in [0, 0.05) is 32.0 Å². The first kappa shape index (κ1) is 38.6. The molecule has 50 heavy (non-hydrogen) atoms. The van der Waals surface area contributed by atoms with Gasteiger partial charge in [-0.25, -0.2) is 0 Å². The quantitative estimate of drug-likeness (QED) is 0.143. The standard InChI is InChI=1S/C42H66N2O6/c1-6-8-10-20-43-38(46)26-49-32-22-29(23-33(25-32)50-27-39(47)44-21-11-9-7-2)40(48)28(3)35-14-15-36-34-13-12-30-24-31(45)16-18-41(30,4)37(34)17-19-42(35,36)5/h22-23,25,28,30,34-37,40,48H,6-21,24,26-27H2,1-5H3,(H,43,46)(H,44,47)/t28?,30?,34-,35?,36-,37+,40?,41-,42+/m0/s1. The van der Waals surface area contributed by atoms with Gasteiger partial charge in [-0.15, -0.1) is 0 Å². The Balaban J connectivity index is 1.28. The van der Waals surface area contributed by atoms with E-state index in [0.29, 0.717) is 65.5 Å². The number of hydrogen-bond acceptors (Lipinski definition) is 6. The van der Waals surface area contributed by atoms with E-state index in [-0.39, 0.29) is 41.8 Å². The van der Waals surface area contributed by atoms with Crippen molar-refractivity contribution in [1.29, 1.82) is 0 Å². The van der Waals surface area contributed by atoms with Gasteiger partial charge in [0.2, 0.25) is 0 Å². The second-order valence-corrected chi connectivity index (χ2v) is 16.9. The number of ether oxygens (including phenoxy) is 2. The van der Waals surface area contributed by atoms with Crippen molar-refractivity contribution >= 4 is 17.6 Å². The lowest BCUT2D eigenvalue weighted by Gasteiger charge is -2.60. The Bertz CT molecular complexity index is 1270. The predicted molar refractivity (Wildman–Crippen MR) is 197 cm³/mol. The molecule has 2 amide bonds. The highest BCUT2D eigenvalue weighted by atomic mass is 16.5. The van der Waals surface area contributed by atoms with Crippen LogP contribution in [0, 0.1) is 46.3 Å². The van der Waals surface area contributed by atoms with Crippen LogP contribution >= 0.6 is 0 Å². The molecule has 0 bridgehead atoms. The molecule has 0 saturated heterocycles. The maximum Gasteiger partial charge on any atom is 0.257 e. The van der Waals surface area contributed by atoms with E-state index in [0.717, 1.165) is 64.2 Å². The zero-order valence-electron chi connectivity index (χ0n) is 31.7. The van der Waals surface area contributed by atoms with Crippen LogP contribution in [-0.4, -0.2) is 49.0 Å². The Hall–Kier alpha value is -2.61. The molecule has 8 heteroatoms. The van der Waals surface area contributed by atoms with Gasteiger partial charge in [-0.1, -0.05) is 60.3 Å². The fourth-order valence-corrected chi connectivity index (χ4v) is 11.0. The van der Waals surface area contributed by atoms with Crippen molar-refractivity contribution in [2.45, 2.75) is 137 Å². The van der Waals surface area contributed by atoms with E-state index >= 15 is 0 Å². The molecule has 4 aliphatic rings. The summed E-state index contributed by atoms with van der Waals surface area (Å²) in [6.45, 7) is 12.4. The van der Waals surface area contributed by atoms with Crippen LogP contribution in [0.15, 0.2) is 18.2 Å². The minimum absolute atomic E-state index is 0.00704. The molecule has 0 spiro atoms. The van der Waals surface area contributed by atoms with Crippen molar-refractivity contribution in [2.75, 3.05) is 26.3 Å². The molecule has 9 atom stereocenters. The minimum atomic E-state index is -0.748. The van der Waals surface area contributed by atoms with Crippen LogP contribution in [0.25, 0.3) is 0 Å². The van der Waals surface area contributed by atoms with E-state index in [1.54, 1.807) is 6.07 Å². The van der Waals surface area contributed by atoms with Crippen molar-refractivity contribution in [2.24, 2.45) is 46.3 Å². The van der Waals surface area contributed by atoms with Crippen LogP contribution in [0.2, 0.25) is 0 Å². The SMILES string of the molecule is CCCCCNC(=O)COc1cc(OCC(=O)NCCCCC)cc(C(O)C(C)C2CC[C@H]3[C@@H]4CCC5CC(=O)CC[C@]5(C)[C@@H]4CC[C@]23C)c1. The van der Waals surface area contributed by atoms with E-state index in [1.165, 1.54) is 32.1 Å². The predicted octanol–water partition coefficient (Wildman–Crippen LogP) is 7.95. The van der Waals surface area contributed by atoms with E-state index in [2.05, 4.69) is 45.3 Å². The van der Waals surface area contributed by atoms with Crippen molar-refractivity contribution in [3.8, 4) is 11.5 Å². The molecule has 4 unspecified atom stereocenters. The van der Waals surface area contributed by atoms with Crippen LogP contribution in [0.1, 0.15) is 143 Å². The molecule has 8 nitrogen and oxygen atoms in total. The summed E-state index contributed by atoms with van der Waals surface area (Å²) in [6.07, 6.45) is 15.2. The number of carbonyl (C=O) groups excluding carboxylic acids is 3. The van der Waals surface area contributed by atoms with Gasteiger partial charge in [-0.3, -0.25) is 14.4 Å². The Morgan fingerprint density at radius 2 is 1.42 bits per heavy atom. The number of benzene rings is 1. The lowest BCUT2D eigenvalue weighted by Crippen LogP contribution is -2.54. The van der Waals surface area contributed by atoms with Crippen LogP contribution < -0.4 is 20.1 Å². The second kappa shape index (κ2) is 17.3. The molecule has 280 valence electrons. The molecule has 1 aromatic rings. The summed E-state index contributed by atoms with van der Waals surface area (Å²) in [5.74, 6) is 3.99. The Kier molecular flexibility index (Phi) is 13.3. The van der Waals surface area contributed by atoms with Crippen molar-refractivity contribution < 1.29 is 29.0 Å². The zero-order valence-corrected chi connectivity index (χ0v) is 31.7. The number of aliphatic hydroxyl groups excluding tert-OH is 1. The highest BCUT2D eigenvalue weighted by Gasteiger charge is 2.61. The second-order valence-electron chi connectivity index (χ2n) is 16.9. The normalized spacial score (nSPS) is 31.5. The molecule has 1 aromatic carbocycles. The van der Waals surface area contributed by atoms with Crippen LogP contribution in [0.3, 0.4) is 0 Å². The number of nitrogens with one attached hydrogen (secondary N) is 2. The lowest BCUT2D eigenvalue weighted by atomic mass is 9.44. The lowest BCUT2D eigenvalue weighted by molar-refractivity contribution is -0.141. The molecule has 0 aromatic heterocycles. The number of Topliss-reactive ketones (excluding diaryl/α,β-unsaturated/α-hetero) is 1. The van der Waals surface area contributed by atoms with Crippen LogP contribution in [0.4, 0.5) is 0 Å². The van der Waals surface area contributed by atoms with Gasteiger partial charge in [0.25, 0.3) is 11.8 Å². The summed E-state index contributed by atoms with van der Waals surface area (Å²) >= 11 is 0. The fourth-order valence-electron chi connectivity index (χ4n) is 11.0. The van der Waals surface area contributed by atoms with E-state index in [9.17, 15) is 19.5 Å². The molecule has 5 rings (SSSR count). The number of rotatable bonds is 17. The molecule has 4 aliphatic carbocycles. The van der Waals surface area contributed by atoms with Gasteiger partial charge < -0.3 is 25.2 Å². The monoisotopic (exact) mass is 694 g/mol. The largest absolute Gasteiger partial charge is 0.484 e. The average Bonchev–Trinajstić information content (AvgIpc) is 3.47. The van der Waals surface area contributed by atoms with Crippen LogP contribution in [-0.2, 0) is 14.4 Å². The van der Waals surface area contributed by atoms with E-state index in [1.807, 2.05) is 12.1 Å². The molecule has 4 saturated carbocycles. The summed E-state index contributed by atoms with van der Waals surface area (Å²) in [4.78, 5) is 37.4. The number of unbranched alkanes of at least 4 members (excludes halogenated alkanes) is 4. The Morgan fingerprint density at radius 1 is 0.820 bits per heavy atom. The molecule has 0 radical (unpaired) electrons. The third-order valence-electron chi connectivity index (χ3n) is 13.9. The number of carbonyl (C=O) groups is 3. The zero-order chi connectivity index (χ0) is 35.9. The topological polar surface area (TPSA) is 114 Å². The number of amides is 2. The molecule has 0 heterocycles. The summed E-state index contributed by atoms with van der Waals surface area (Å²) in [6, 6.07) is 5.38. The number of aliphatic hydroxyl groups is 1. The molecular formula is C42H66N2O6. The summed E-state index contributed by atoms with van der Waals surface area (Å²) in [7, 11) is 0. The fraction of sp³-hybridized carbons (Fsp3) is 0.786. The maximum absolute atomic E-state index is 12.5. The molecule has 0 aliphatic heterocycles. The van der Waals surface area contributed by atoms with E-state index in [4.69, 9.17) is 9.47 Å². The number of ketones is 1. The first-order chi connectivity index (χ1) is 24.0. The van der Waals surface area contributed by atoms with Crippen LogP contribution in [0.5, 0.6) is 11.5 Å². The Morgan fingerprint density at radius 3 is 2.02 bits per heavy atom. The molecule has 4 fully saturated rings. The first-order valence-electron chi connectivity index (χ1n) is 20.1. The van der Waals surface area contributed by atoms with Gasteiger partial charge in [0.1, 0.15) is 17.3 Å². The summed E-state index contributed by atoms with van der Waals surface area (Å²) < 4.78 is 11.9. The van der Waals surface area contributed by atoms with Gasteiger partial charge in [-0.2, -0.15) is 0 Å². The third kappa shape index (κ3) is 8.70. The number of hydrogen-bond donors (Lipinski definition) is 3. The van der Waals surface area contributed by atoms with Crippen molar-refractivity contribution in [1.82, 2.24) is 10.6 Å². The van der Waals surface area contributed by atoms with E-state index < -0.39 is 6.10 Å². The molecule has 3 N–H and O–H groups in total. The first-order valence-corrected chi connectivity index (χ1v) is 20.1. The average molecular weight is 695 g/mol. The van der Waals surface area contributed by atoms with Crippen molar-refractivity contribution in [3.05, 3.63) is 23.8 Å². The third-order valence-corrected chi connectivity index (χ3v) is 13.9.